The second-order valence-electron chi connectivity index (χ2n) is 7.49. The first-order chi connectivity index (χ1) is 14.0. The summed E-state index contributed by atoms with van der Waals surface area (Å²) in [7, 11) is 0. The first-order valence-electron chi connectivity index (χ1n) is 10.2. The van der Waals surface area contributed by atoms with Gasteiger partial charge in [-0.15, -0.1) is 0 Å². The molecule has 1 aliphatic rings. The zero-order chi connectivity index (χ0) is 20.6. The summed E-state index contributed by atoms with van der Waals surface area (Å²) in [6, 6.07) is 16.1. The summed E-state index contributed by atoms with van der Waals surface area (Å²) >= 11 is 5.38. The quantitative estimate of drug-likeness (QED) is 0.494. The lowest BCUT2D eigenvalue weighted by atomic mass is 10.1. The Labute approximate surface area is 178 Å². The first-order valence-corrected chi connectivity index (χ1v) is 10.6. The molecule has 1 amide bonds. The van der Waals surface area contributed by atoms with E-state index in [4.69, 9.17) is 17.0 Å². The highest BCUT2D eigenvalue weighted by Crippen LogP contribution is 2.23. The lowest BCUT2D eigenvalue weighted by Crippen LogP contribution is -2.29. The van der Waals surface area contributed by atoms with Crippen LogP contribution in [0.15, 0.2) is 48.5 Å². The van der Waals surface area contributed by atoms with E-state index in [1.54, 1.807) is 0 Å². The van der Waals surface area contributed by atoms with Crippen molar-refractivity contribution in [2.24, 2.45) is 0 Å². The van der Waals surface area contributed by atoms with E-state index >= 15 is 0 Å². The number of nitrogens with one attached hydrogen (secondary N) is 2. The number of anilines is 2. The van der Waals surface area contributed by atoms with Gasteiger partial charge in [0.2, 0.25) is 5.91 Å². The zero-order valence-corrected chi connectivity index (χ0v) is 17.9. The van der Waals surface area contributed by atoms with Crippen molar-refractivity contribution >= 4 is 34.6 Å². The van der Waals surface area contributed by atoms with Gasteiger partial charge in [-0.05, 0) is 87.3 Å². The van der Waals surface area contributed by atoms with E-state index in [0.29, 0.717) is 11.5 Å². The van der Waals surface area contributed by atoms with Crippen molar-refractivity contribution in [3.05, 3.63) is 54.1 Å². The molecule has 0 spiro atoms. The second kappa shape index (κ2) is 10.3. The second-order valence-corrected chi connectivity index (χ2v) is 7.90. The van der Waals surface area contributed by atoms with Crippen LogP contribution in [0.5, 0.6) is 5.75 Å². The van der Waals surface area contributed by atoms with E-state index in [2.05, 4.69) is 22.8 Å². The Kier molecular flexibility index (Phi) is 7.47. The van der Waals surface area contributed by atoms with Crippen LogP contribution < -0.4 is 20.3 Å². The molecule has 6 heteroatoms. The Balaban J connectivity index is 1.37. The molecule has 2 aromatic carbocycles. The van der Waals surface area contributed by atoms with Crippen molar-refractivity contribution < 1.29 is 9.53 Å². The van der Waals surface area contributed by atoms with Gasteiger partial charge in [0.15, 0.2) is 5.11 Å². The van der Waals surface area contributed by atoms with Gasteiger partial charge < -0.3 is 20.3 Å². The van der Waals surface area contributed by atoms with Gasteiger partial charge in [0, 0.05) is 30.9 Å². The van der Waals surface area contributed by atoms with Gasteiger partial charge in [0.1, 0.15) is 5.75 Å². The van der Waals surface area contributed by atoms with E-state index in [9.17, 15) is 4.79 Å². The molecule has 2 aromatic rings. The third-order valence-electron chi connectivity index (χ3n) is 4.73. The largest absolute Gasteiger partial charge is 0.491 e. The highest BCUT2D eigenvalue weighted by Gasteiger charge is 2.21. The van der Waals surface area contributed by atoms with Gasteiger partial charge in [-0.3, -0.25) is 4.79 Å². The van der Waals surface area contributed by atoms with Gasteiger partial charge in [-0.1, -0.05) is 12.1 Å². The van der Waals surface area contributed by atoms with E-state index in [-0.39, 0.29) is 12.0 Å². The van der Waals surface area contributed by atoms with Crippen LogP contribution in [0.1, 0.15) is 38.7 Å². The Morgan fingerprint density at radius 2 is 1.86 bits per heavy atom. The van der Waals surface area contributed by atoms with Crippen LogP contribution in [0.3, 0.4) is 0 Å². The maximum absolute atomic E-state index is 11.8. The Bertz CT molecular complexity index is 819. The minimum absolute atomic E-state index is 0.192. The third kappa shape index (κ3) is 6.46. The zero-order valence-electron chi connectivity index (χ0n) is 17.1. The van der Waals surface area contributed by atoms with Crippen LogP contribution in [0.4, 0.5) is 11.4 Å². The highest BCUT2D eigenvalue weighted by atomic mass is 32.1. The van der Waals surface area contributed by atoms with E-state index < -0.39 is 0 Å². The molecule has 0 aromatic heterocycles. The summed E-state index contributed by atoms with van der Waals surface area (Å²) in [4.78, 5) is 13.7. The number of hydrogen-bond acceptors (Lipinski definition) is 3. The number of rotatable bonds is 8. The summed E-state index contributed by atoms with van der Waals surface area (Å²) in [5, 5.41) is 7.05. The fourth-order valence-electron chi connectivity index (χ4n) is 3.32. The molecule has 5 nitrogen and oxygen atoms in total. The number of carbonyl (C=O) groups is 1. The maximum Gasteiger partial charge on any atom is 0.227 e. The molecule has 0 aliphatic carbocycles. The predicted octanol–water partition coefficient (Wildman–Crippen LogP) is 4.52. The lowest BCUT2D eigenvalue weighted by molar-refractivity contribution is -0.117. The SMILES string of the molecule is CC(C)Oc1ccc(CCCNC(=S)Nc2ccc(N3CCCC3=O)cc2)cc1. The normalized spacial score (nSPS) is 13.6. The van der Waals surface area contributed by atoms with E-state index in [1.807, 2.05) is 55.1 Å². The van der Waals surface area contributed by atoms with Crippen LogP contribution in [-0.2, 0) is 11.2 Å². The summed E-state index contributed by atoms with van der Waals surface area (Å²) in [6.45, 7) is 5.66. The molecule has 0 atom stereocenters. The van der Waals surface area contributed by atoms with Crippen molar-refractivity contribution in [3.63, 3.8) is 0 Å². The van der Waals surface area contributed by atoms with Gasteiger partial charge in [-0.25, -0.2) is 0 Å². The summed E-state index contributed by atoms with van der Waals surface area (Å²) < 4.78 is 5.67. The van der Waals surface area contributed by atoms with Crippen LogP contribution in [0, 0.1) is 0 Å². The van der Waals surface area contributed by atoms with Gasteiger partial charge >= 0.3 is 0 Å². The van der Waals surface area contributed by atoms with E-state index in [1.165, 1.54) is 5.56 Å². The molecule has 0 radical (unpaired) electrons. The van der Waals surface area contributed by atoms with Crippen LogP contribution >= 0.6 is 12.2 Å². The Morgan fingerprint density at radius 1 is 1.14 bits per heavy atom. The molecule has 1 fully saturated rings. The topological polar surface area (TPSA) is 53.6 Å². The Morgan fingerprint density at radius 3 is 2.48 bits per heavy atom. The number of nitrogens with zero attached hydrogens (tertiary/aromatic N) is 1. The lowest BCUT2D eigenvalue weighted by Gasteiger charge is -2.16. The summed E-state index contributed by atoms with van der Waals surface area (Å²) in [5.41, 5.74) is 3.15. The standard InChI is InChI=1S/C23H29N3O2S/c1-17(2)28-21-13-7-18(8-14-21)5-3-15-24-23(29)25-19-9-11-20(12-10-19)26-16-4-6-22(26)27/h7-14,17H,3-6,15-16H2,1-2H3,(H2,24,25,29). The van der Waals surface area contributed by atoms with Crippen molar-refractivity contribution in [1.82, 2.24) is 5.32 Å². The molecule has 1 aliphatic heterocycles. The molecule has 1 saturated heterocycles. The number of aryl methyl sites for hydroxylation is 1. The van der Waals surface area contributed by atoms with Crippen molar-refractivity contribution in [2.75, 3.05) is 23.3 Å². The van der Waals surface area contributed by atoms with E-state index in [0.717, 1.165) is 49.5 Å². The molecule has 0 saturated carbocycles. The molecule has 154 valence electrons. The molecule has 0 bridgehead atoms. The third-order valence-corrected chi connectivity index (χ3v) is 4.98. The van der Waals surface area contributed by atoms with Crippen molar-refractivity contribution in [3.8, 4) is 5.75 Å². The summed E-state index contributed by atoms with van der Waals surface area (Å²) in [6.07, 6.45) is 3.74. The fourth-order valence-corrected chi connectivity index (χ4v) is 3.54. The molecular formula is C23H29N3O2S. The van der Waals surface area contributed by atoms with Crippen LogP contribution in [0.25, 0.3) is 0 Å². The van der Waals surface area contributed by atoms with Gasteiger partial charge in [0.25, 0.3) is 0 Å². The molecule has 29 heavy (non-hydrogen) atoms. The van der Waals surface area contributed by atoms with Crippen LogP contribution in [-0.4, -0.2) is 30.2 Å². The Hall–Kier alpha value is -2.60. The van der Waals surface area contributed by atoms with Gasteiger partial charge in [0.05, 0.1) is 6.10 Å². The number of thiocarbonyl (C=S) groups is 1. The molecule has 2 N–H and O–H groups in total. The highest BCUT2D eigenvalue weighted by molar-refractivity contribution is 7.80. The predicted molar refractivity (Wildman–Crippen MR) is 123 cm³/mol. The smallest absolute Gasteiger partial charge is 0.227 e. The number of carbonyl (C=O) groups excluding carboxylic acids is 1. The number of benzene rings is 2. The average Bonchev–Trinajstić information content (AvgIpc) is 3.12. The molecular weight excluding hydrogens is 382 g/mol. The van der Waals surface area contributed by atoms with Crippen molar-refractivity contribution in [1.29, 1.82) is 0 Å². The fraction of sp³-hybridized carbons (Fsp3) is 0.391. The molecule has 1 heterocycles. The van der Waals surface area contributed by atoms with Crippen LogP contribution in [0.2, 0.25) is 0 Å². The maximum atomic E-state index is 11.8. The van der Waals surface area contributed by atoms with Crippen molar-refractivity contribution in [2.45, 2.75) is 45.6 Å². The molecule has 3 rings (SSSR count). The average molecular weight is 412 g/mol. The number of amides is 1. The minimum atomic E-state index is 0.192. The summed E-state index contributed by atoms with van der Waals surface area (Å²) in [5.74, 6) is 1.11. The first kappa shape index (κ1) is 21.1. The molecule has 0 unspecified atom stereocenters. The minimum Gasteiger partial charge on any atom is -0.491 e. The number of hydrogen-bond donors (Lipinski definition) is 2. The number of ether oxygens (including phenoxy) is 1. The van der Waals surface area contributed by atoms with Gasteiger partial charge in [-0.2, -0.15) is 0 Å². The monoisotopic (exact) mass is 411 g/mol.